The number of piperidine rings is 1. The monoisotopic (exact) mass is 362 g/mol. The Morgan fingerprint density at radius 2 is 1.62 bits per heavy atom. The number of nitrogens with one attached hydrogen (secondary N) is 1. The normalized spacial score (nSPS) is 39.0. The van der Waals surface area contributed by atoms with E-state index in [4.69, 9.17) is 4.74 Å². The van der Waals surface area contributed by atoms with Crippen LogP contribution >= 0.6 is 0 Å². The molecule has 1 saturated heterocycles. The van der Waals surface area contributed by atoms with Gasteiger partial charge in [0.1, 0.15) is 5.60 Å². The predicted molar refractivity (Wildman–Crippen MR) is 99.5 cm³/mol. The van der Waals surface area contributed by atoms with E-state index in [9.17, 15) is 9.59 Å². The van der Waals surface area contributed by atoms with E-state index in [1.54, 1.807) is 4.90 Å². The van der Waals surface area contributed by atoms with E-state index < -0.39 is 5.60 Å². The molecule has 1 heterocycles. The highest BCUT2D eigenvalue weighted by Gasteiger charge is 2.49. The summed E-state index contributed by atoms with van der Waals surface area (Å²) in [6, 6.07) is 0.382. The van der Waals surface area contributed by atoms with Crippen molar-refractivity contribution in [2.45, 2.75) is 77.4 Å². The molecule has 0 aromatic heterocycles. The van der Waals surface area contributed by atoms with Crippen LogP contribution in [0.2, 0.25) is 0 Å². The first-order valence-corrected chi connectivity index (χ1v) is 10.6. The molecule has 1 N–H and O–H groups in total. The maximum absolute atomic E-state index is 13.0. The third-order valence-electron chi connectivity index (χ3n) is 6.98. The fourth-order valence-corrected chi connectivity index (χ4v) is 6.13. The fraction of sp³-hybridized carbons (Fsp3) is 0.905. The molecule has 0 spiro atoms. The third kappa shape index (κ3) is 3.72. The molecule has 1 unspecified atom stereocenters. The smallest absolute Gasteiger partial charge is 0.410 e. The molecular weight excluding hydrogens is 328 g/mol. The number of rotatable bonds is 2. The molecule has 4 aliphatic carbocycles. The molecule has 5 fully saturated rings. The van der Waals surface area contributed by atoms with Gasteiger partial charge in [0.05, 0.1) is 5.92 Å². The molecule has 1 atom stereocenters. The van der Waals surface area contributed by atoms with Crippen LogP contribution in [0.5, 0.6) is 0 Å². The Morgan fingerprint density at radius 1 is 1.00 bits per heavy atom. The second-order valence-electron chi connectivity index (χ2n) is 10.2. The Bertz CT molecular complexity index is 540. The molecule has 0 radical (unpaired) electrons. The van der Waals surface area contributed by atoms with Crippen LogP contribution in [0, 0.1) is 29.6 Å². The molecule has 0 aromatic carbocycles. The second-order valence-corrected chi connectivity index (χ2v) is 10.2. The van der Waals surface area contributed by atoms with Crippen molar-refractivity contribution < 1.29 is 14.3 Å². The SMILES string of the molecule is CC(C)(C)OC(=O)N1CCCC(C(=O)NC2C3CC4CC(C3)CC2C4)C1. The van der Waals surface area contributed by atoms with Gasteiger partial charge >= 0.3 is 6.09 Å². The van der Waals surface area contributed by atoms with E-state index in [1.807, 2.05) is 20.8 Å². The minimum absolute atomic E-state index is 0.0894. The van der Waals surface area contributed by atoms with E-state index in [2.05, 4.69) is 5.32 Å². The Morgan fingerprint density at radius 3 is 2.19 bits per heavy atom. The van der Waals surface area contributed by atoms with E-state index in [0.717, 1.165) is 24.7 Å². The molecular formula is C21H34N2O3. The van der Waals surface area contributed by atoms with Crippen molar-refractivity contribution in [3.63, 3.8) is 0 Å². The molecule has 4 saturated carbocycles. The molecule has 5 heteroatoms. The van der Waals surface area contributed by atoms with Gasteiger partial charge in [-0.15, -0.1) is 0 Å². The van der Waals surface area contributed by atoms with Gasteiger partial charge in [-0.3, -0.25) is 4.79 Å². The molecule has 146 valence electrons. The lowest BCUT2D eigenvalue weighted by Gasteiger charge is -2.54. The average molecular weight is 363 g/mol. The van der Waals surface area contributed by atoms with Gasteiger partial charge in [0, 0.05) is 19.1 Å². The van der Waals surface area contributed by atoms with Crippen molar-refractivity contribution in [1.82, 2.24) is 10.2 Å². The fourth-order valence-electron chi connectivity index (χ4n) is 6.13. The summed E-state index contributed by atoms with van der Waals surface area (Å²) >= 11 is 0. The van der Waals surface area contributed by atoms with Gasteiger partial charge in [0.15, 0.2) is 0 Å². The van der Waals surface area contributed by atoms with Gasteiger partial charge in [-0.2, -0.15) is 0 Å². The highest BCUT2D eigenvalue weighted by Crippen LogP contribution is 2.53. The zero-order chi connectivity index (χ0) is 18.5. The predicted octanol–water partition coefficient (Wildman–Crippen LogP) is 3.57. The molecule has 2 amide bonds. The van der Waals surface area contributed by atoms with Crippen LogP contribution in [0.15, 0.2) is 0 Å². The number of amides is 2. The van der Waals surface area contributed by atoms with E-state index in [0.29, 0.717) is 31.0 Å². The Kier molecular flexibility index (Phi) is 4.68. The molecule has 0 aromatic rings. The second kappa shape index (κ2) is 6.72. The van der Waals surface area contributed by atoms with Gasteiger partial charge < -0.3 is 15.0 Å². The van der Waals surface area contributed by atoms with Gasteiger partial charge in [-0.1, -0.05) is 0 Å². The third-order valence-corrected chi connectivity index (χ3v) is 6.98. The molecule has 5 nitrogen and oxygen atoms in total. The first-order chi connectivity index (χ1) is 12.3. The van der Waals surface area contributed by atoms with Crippen molar-refractivity contribution in [3.05, 3.63) is 0 Å². The summed E-state index contributed by atoms with van der Waals surface area (Å²) in [5.41, 5.74) is -0.493. The molecule has 5 aliphatic rings. The quantitative estimate of drug-likeness (QED) is 0.817. The van der Waals surface area contributed by atoms with Crippen molar-refractivity contribution in [2.75, 3.05) is 13.1 Å². The summed E-state index contributed by atoms with van der Waals surface area (Å²) in [5.74, 6) is 3.30. The summed E-state index contributed by atoms with van der Waals surface area (Å²) in [6.07, 6.45) is 8.14. The summed E-state index contributed by atoms with van der Waals surface area (Å²) < 4.78 is 5.49. The van der Waals surface area contributed by atoms with Gasteiger partial charge in [0.2, 0.25) is 5.91 Å². The summed E-state index contributed by atoms with van der Waals surface area (Å²) in [5, 5.41) is 3.42. The standard InChI is InChI=1S/C21H34N2O3/c1-21(2,3)26-20(25)23-6-4-5-15(12-23)19(24)22-18-16-8-13-7-14(10-16)11-17(18)9-13/h13-18H,4-12H2,1-3H3,(H,22,24). The van der Waals surface area contributed by atoms with Crippen molar-refractivity contribution >= 4 is 12.0 Å². The van der Waals surface area contributed by atoms with Crippen molar-refractivity contribution in [3.8, 4) is 0 Å². The average Bonchev–Trinajstić information content (AvgIpc) is 2.56. The Labute approximate surface area is 157 Å². The van der Waals surface area contributed by atoms with Gasteiger partial charge in [0.25, 0.3) is 0 Å². The summed E-state index contributed by atoms with van der Waals surface area (Å²) in [7, 11) is 0. The lowest BCUT2D eigenvalue weighted by atomic mass is 9.54. The minimum Gasteiger partial charge on any atom is -0.444 e. The molecule has 5 rings (SSSR count). The molecule has 26 heavy (non-hydrogen) atoms. The maximum atomic E-state index is 13.0. The summed E-state index contributed by atoms with van der Waals surface area (Å²) in [4.78, 5) is 27.0. The first-order valence-electron chi connectivity index (χ1n) is 10.6. The molecule has 4 bridgehead atoms. The zero-order valence-corrected chi connectivity index (χ0v) is 16.5. The minimum atomic E-state index is -0.493. The number of hydrogen-bond acceptors (Lipinski definition) is 3. The van der Waals surface area contributed by atoms with Crippen LogP contribution in [0.3, 0.4) is 0 Å². The maximum Gasteiger partial charge on any atom is 0.410 e. The lowest BCUT2D eigenvalue weighted by molar-refractivity contribution is -0.130. The first kappa shape index (κ1) is 18.1. The Hall–Kier alpha value is -1.26. The number of carbonyl (C=O) groups is 2. The number of ether oxygens (including phenoxy) is 1. The van der Waals surface area contributed by atoms with Crippen LogP contribution in [0.1, 0.15) is 65.7 Å². The van der Waals surface area contributed by atoms with E-state index in [-0.39, 0.29) is 17.9 Å². The number of carbonyl (C=O) groups excluding carboxylic acids is 2. The molecule has 1 aliphatic heterocycles. The van der Waals surface area contributed by atoms with Crippen LogP contribution in [0.4, 0.5) is 4.79 Å². The van der Waals surface area contributed by atoms with Crippen molar-refractivity contribution in [2.24, 2.45) is 29.6 Å². The topological polar surface area (TPSA) is 58.6 Å². The van der Waals surface area contributed by atoms with Crippen LogP contribution in [-0.2, 0) is 9.53 Å². The van der Waals surface area contributed by atoms with Crippen LogP contribution < -0.4 is 5.32 Å². The van der Waals surface area contributed by atoms with E-state index >= 15 is 0 Å². The van der Waals surface area contributed by atoms with Crippen LogP contribution in [-0.4, -0.2) is 41.6 Å². The highest BCUT2D eigenvalue weighted by atomic mass is 16.6. The zero-order valence-electron chi connectivity index (χ0n) is 16.5. The largest absolute Gasteiger partial charge is 0.444 e. The number of hydrogen-bond donors (Lipinski definition) is 1. The Balaban J connectivity index is 1.34. The van der Waals surface area contributed by atoms with Crippen molar-refractivity contribution in [1.29, 1.82) is 0 Å². The number of nitrogens with zero attached hydrogens (tertiary/aromatic N) is 1. The summed E-state index contributed by atoms with van der Waals surface area (Å²) in [6.45, 7) is 6.83. The lowest BCUT2D eigenvalue weighted by Crippen LogP contribution is -2.57. The van der Waals surface area contributed by atoms with E-state index in [1.165, 1.54) is 32.1 Å². The van der Waals surface area contributed by atoms with Crippen LogP contribution in [0.25, 0.3) is 0 Å². The highest BCUT2D eigenvalue weighted by molar-refractivity contribution is 5.80. The van der Waals surface area contributed by atoms with Gasteiger partial charge in [-0.25, -0.2) is 4.79 Å². The van der Waals surface area contributed by atoms with Gasteiger partial charge in [-0.05, 0) is 89.4 Å². The number of likely N-dealkylation sites (tertiary alicyclic amines) is 1.